The number of hydrogen-bond acceptors (Lipinski definition) is 4. The number of rotatable bonds is 4. The van der Waals surface area contributed by atoms with E-state index in [0.717, 1.165) is 13.1 Å². The van der Waals surface area contributed by atoms with Crippen LogP contribution in [0.1, 0.15) is 19.3 Å². The molecule has 0 radical (unpaired) electrons. The molecule has 2 aliphatic heterocycles. The second kappa shape index (κ2) is 5.33. The van der Waals surface area contributed by atoms with E-state index in [1.54, 1.807) is 4.90 Å². The summed E-state index contributed by atoms with van der Waals surface area (Å²) in [4.78, 5) is 16.3. The first-order chi connectivity index (χ1) is 8.12. The van der Waals surface area contributed by atoms with E-state index >= 15 is 0 Å². The summed E-state index contributed by atoms with van der Waals surface area (Å²) >= 11 is 0. The van der Waals surface area contributed by atoms with Crippen LogP contribution in [0, 0.1) is 0 Å². The molecule has 2 saturated heterocycles. The Bertz CT molecular complexity index is 271. The summed E-state index contributed by atoms with van der Waals surface area (Å²) in [6, 6.07) is 0. The minimum atomic E-state index is -0.778. The van der Waals surface area contributed by atoms with Crippen molar-refractivity contribution in [3.8, 4) is 0 Å². The second-order valence-electron chi connectivity index (χ2n) is 5.23. The molecule has 2 heterocycles. The van der Waals surface area contributed by atoms with Gasteiger partial charge in [0.15, 0.2) is 0 Å². The van der Waals surface area contributed by atoms with E-state index in [0.29, 0.717) is 19.6 Å². The lowest BCUT2D eigenvalue weighted by atomic mass is 9.98. The quantitative estimate of drug-likeness (QED) is 0.731. The van der Waals surface area contributed by atoms with Gasteiger partial charge >= 0.3 is 0 Å². The molecule has 0 aromatic heterocycles. The predicted octanol–water partition coefficient (Wildman–Crippen LogP) is -0.342. The summed E-state index contributed by atoms with van der Waals surface area (Å²) in [7, 11) is 1.84. The van der Waals surface area contributed by atoms with Crippen LogP contribution >= 0.6 is 0 Å². The smallest absolute Gasteiger partial charge is 0.244 e. The largest absolute Gasteiger partial charge is 0.379 e. The van der Waals surface area contributed by atoms with Crippen LogP contribution < -0.4 is 5.73 Å². The highest BCUT2D eigenvalue weighted by atomic mass is 16.5. The molecular weight excluding hydrogens is 218 g/mol. The maximum atomic E-state index is 12.2. The minimum absolute atomic E-state index is 0.0224. The molecule has 0 aromatic rings. The topological polar surface area (TPSA) is 58.8 Å². The lowest BCUT2D eigenvalue weighted by Crippen LogP contribution is -2.55. The van der Waals surface area contributed by atoms with E-state index in [1.165, 1.54) is 25.9 Å². The number of likely N-dealkylation sites (N-methyl/N-ethyl adjacent to an activating group) is 1. The number of carbonyl (C=O) groups excluding carboxylic acids is 1. The number of nitrogens with zero attached hydrogens (tertiary/aromatic N) is 2. The first-order valence-electron chi connectivity index (χ1n) is 6.46. The van der Waals surface area contributed by atoms with Gasteiger partial charge in [-0.15, -0.1) is 0 Å². The number of amides is 1. The molecule has 0 aliphatic carbocycles. The third-order valence-corrected chi connectivity index (χ3v) is 3.78. The van der Waals surface area contributed by atoms with Crippen LogP contribution in [-0.4, -0.2) is 67.7 Å². The van der Waals surface area contributed by atoms with Gasteiger partial charge in [-0.2, -0.15) is 0 Å². The van der Waals surface area contributed by atoms with E-state index in [-0.39, 0.29) is 5.91 Å². The molecule has 0 aromatic carbocycles. The van der Waals surface area contributed by atoms with E-state index in [4.69, 9.17) is 10.5 Å². The van der Waals surface area contributed by atoms with E-state index < -0.39 is 5.54 Å². The Hall–Kier alpha value is -0.650. The van der Waals surface area contributed by atoms with Gasteiger partial charge < -0.3 is 20.3 Å². The van der Waals surface area contributed by atoms with Gasteiger partial charge in [0.05, 0.1) is 6.61 Å². The zero-order valence-electron chi connectivity index (χ0n) is 10.7. The van der Waals surface area contributed by atoms with Crippen LogP contribution in [0.4, 0.5) is 0 Å². The Kier molecular flexibility index (Phi) is 4.01. The van der Waals surface area contributed by atoms with Crippen molar-refractivity contribution in [2.45, 2.75) is 24.8 Å². The van der Waals surface area contributed by atoms with Crippen molar-refractivity contribution in [3.05, 3.63) is 0 Å². The van der Waals surface area contributed by atoms with Crippen molar-refractivity contribution in [3.63, 3.8) is 0 Å². The molecule has 2 fully saturated rings. The molecule has 1 amide bonds. The summed E-state index contributed by atoms with van der Waals surface area (Å²) in [6.07, 6.45) is 3.21. The van der Waals surface area contributed by atoms with Crippen molar-refractivity contribution in [1.82, 2.24) is 9.80 Å². The average molecular weight is 241 g/mol. The normalized spacial score (nSPS) is 29.8. The van der Waals surface area contributed by atoms with Gasteiger partial charge in [-0.3, -0.25) is 4.79 Å². The molecule has 1 unspecified atom stereocenters. The molecular formula is C12H23N3O2. The third kappa shape index (κ3) is 2.97. The van der Waals surface area contributed by atoms with Crippen LogP contribution in [-0.2, 0) is 9.53 Å². The molecule has 0 saturated carbocycles. The number of likely N-dealkylation sites (tertiary alicyclic amines) is 1. The van der Waals surface area contributed by atoms with Crippen molar-refractivity contribution in [2.75, 3.05) is 46.4 Å². The fourth-order valence-electron chi connectivity index (χ4n) is 2.53. The van der Waals surface area contributed by atoms with Crippen molar-refractivity contribution in [1.29, 1.82) is 0 Å². The second-order valence-corrected chi connectivity index (χ2v) is 5.23. The van der Waals surface area contributed by atoms with Crippen molar-refractivity contribution in [2.24, 2.45) is 5.73 Å². The number of ether oxygens (including phenoxy) is 1. The number of carbonyl (C=O) groups is 1. The molecule has 5 heteroatoms. The zero-order valence-corrected chi connectivity index (χ0v) is 10.7. The van der Waals surface area contributed by atoms with Gasteiger partial charge in [0.1, 0.15) is 5.54 Å². The fraction of sp³-hybridized carbons (Fsp3) is 0.917. The molecule has 2 rings (SSSR count). The molecule has 1 atom stereocenters. The SMILES string of the molecule is CN(CCN1CCCC1)C(=O)C1(N)CCOC1. The third-order valence-electron chi connectivity index (χ3n) is 3.78. The summed E-state index contributed by atoms with van der Waals surface area (Å²) in [5.41, 5.74) is 5.28. The lowest BCUT2D eigenvalue weighted by Gasteiger charge is -2.28. The van der Waals surface area contributed by atoms with Crippen LogP contribution in [0.25, 0.3) is 0 Å². The molecule has 2 aliphatic rings. The zero-order chi connectivity index (χ0) is 12.3. The molecule has 0 spiro atoms. The van der Waals surface area contributed by atoms with Crippen molar-refractivity contribution < 1.29 is 9.53 Å². The highest BCUT2D eigenvalue weighted by Crippen LogP contribution is 2.18. The van der Waals surface area contributed by atoms with E-state index in [2.05, 4.69) is 4.90 Å². The monoisotopic (exact) mass is 241 g/mol. The summed E-state index contributed by atoms with van der Waals surface area (Å²) in [6.45, 7) is 5.01. The average Bonchev–Trinajstić information content (AvgIpc) is 2.96. The summed E-state index contributed by atoms with van der Waals surface area (Å²) in [5.74, 6) is 0.0224. The highest BCUT2D eigenvalue weighted by molar-refractivity contribution is 5.86. The van der Waals surface area contributed by atoms with E-state index in [1.807, 2.05) is 7.05 Å². The maximum Gasteiger partial charge on any atom is 0.244 e. The van der Waals surface area contributed by atoms with Crippen LogP contribution in [0.5, 0.6) is 0 Å². The van der Waals surface area contributed by atoms with Gasteiger partial charge in [0.25, 0.3) is 0 Å². The number of hydrogen-bond donors (Lipinski definition) is 1. The minimum Gasteiger partial charge on any atom is -0.379 e. The van der Waals surface area contributed by atoms with Crippen LogP contribution in [0.3, 0.4) is 0 Å². The Morgan fingerprint density at radius 1 is 1.47 bits per heavy atom. The summed E-state index contributed by atoms with van der Waals surface area (Å²) < 4.78 is 5.23. The summed E-state index contributed by atoms with van der Waals surface area (Å²) in [5, 5.41) is 0. The maximum absolute atomic E-state index is 12.2. The van der Waals surface area contributed by atoms with Gasteiger partial charge in [0, 0.05) is 26.7 Å². The Labute approximate surface area is 103 Å². The van der Waals surface area contributed by atoms with Gasteiger partial charge in [-0.05, 0) is 32.4 Å². The molecule has 2 N–H and O–H groups in total. The first-order valence-corrected chi connectivity index (χ1v) is 6.46. The molecule has 17 heavy (non-hydrogen) atoms. The van der Waals surface area contributed by atoms with Gasteiger partial charge in [-0.25, -0.2) is 0 Å². The first kappa shape index (κ1) is 12.8. The van der Waals surface area contributed by atoms with Gasteiger partial charge in [0.2, 0.25) is 5.91 Å². The lowest BCUT2D eigenvalue weighted by molar-refractivity contribution is -0.135. The van der Waals surface area contributed by atoms with Crippen LogP contribution in [0.2, 0.25) is 0 Å². The van der Waals surface area contributed by atoms with E-state index in [9.17, 15) is 4.79 Å². The molecule has 5 nitrogen and oxygen atoms in total. The fourth-order valence-corrected chi connectivity index (χ4v) is 2.53. The Balaban J connectivity index is 1.78. The van der Waals surface area contributed by atoms with Crippen LogP contribution in [0.15, 0.2) is 0 Å². The number of nitrogens with two attached hydrogens (primary N) is 1. The highest BCUT2D eigenvalue weighted by Gasteiger charge is 2.40. The molecule has 98 valence electrons. The standard InChI is InChI=1S/C12H23N3O2/c1-14(7-8-15-5-2-3-6-15)11(16)12(13)4-9-17-10-12/h2-10,13H2,1H3. The van der Waals surface area contributed by atoms with Gasteiger partial charge in [-0.1, -0.05) is 0 Å². The predicted molar refractivity (Wildman–Crippen MR) is 65.7 cm³/mol. The Morgan fingerprint density at radius 2 is 2.18 bits per heavy atom. The van der Waals surface area contributed by atoms with Crippen molar-refractivity contribution >= 4 is 5.91 Å². The molecule has 0 bridgehead atoms. The Morgan fingerprint density at radius 3 is 2.76 bits per heavy atom.